The number of carboxylic acids is 1. The maximum absolute atomic E-state index is 10.1. The van der Waals surface area contributed by atoms with Crippen LogP contribution < -0.4 is 5.73 Å². The van der Waals surface area contributed by atoms with Crippen LogP contribution in [0.25, 0.3) is 0 Å². The van der Waals surface area contributed by atoms with Crippen molar-refractivity contribution in [2.45, 2.75) is 25.3 Å². The average molecular weight is 184 g/mol. The molecule has 0 aliphatic heterocycles. The number of halogens is 1. The van der Waals surface area contributed by atoms with Gasteiger partial charge in [0.05, 0.1) is 0 Å². The summed E-state index contributed by atoms with van der Waals surface area (Å²) in [5, 5.41) is 16.6. The molecule has 68 valence electrons. The Hall–Kier alpha value is -0.320. The third-order valence-corrected chi connectivity index (χ3v) is 1.24. The first-order chi connectivity index (χ1) is 4.68. The third kappa shape index (κ3) is 7.58. The van der Waals surface area contributed by atoms with E-state index in [4.69, 9.17) is 15.9 Å². The fraction of sp³-hybridized carbons (Fsp3) is 0.833. The summed E-state index contributed by atoms with van der Waals surface area (Å²) in [6.07, 6.45) is 1.74. The molecule has 0 saturated heterocycles. The molecule has 0 rings (SSSR count). The van der Waals surface area contributed by atoms with Gasteiger partial charge in [0.25, 0.3) is 0 Å². The number of aliphatic hydroxyl groups excluding tert-OH is 1. The normalized spacial score (nSPS) is 11.8. The summed E-state index contributed by atoms with van der Waals surface area (Å²) in [4.78, 5) is 10.1. The molecular weight excluding hydrogens is 170 g/mol. The lowest BCUT2D eigenvalue weighted by Gasteiger charge is -2.03. The van der Waals surface area contributed by atoms with Gasteiger partial charge in [-0.1, -0.05) is 0 Å². The molecule has 5 heteroatoms. The molecule has 0 amide bonds. The maximum Gasteiger partial charge on any atom is 0.320 e. The number of hydrogen-bond donors (Lipinski definition) is 3. The average Bonchev–Trinajstić information content (AvgIpc) is 1.88. The number of carboxylic acid groups (broad SMARTS) is 1. The predicted molar refractivity (Wildman–Crippen MR) is 43.8 cm³/mol. The van der Waals surface area contributed by atoms with Crippen LogP contribution in [0.1, 0.15) is 19.3 Å². The molecule has 0 aliphatic carbocycles. The molecule has 0 aromatic carbocycles. The van der Waals surface area contributed by atoms with Gasteiger partial charge >= 0.3 is 5.97 Å². The smallest absolute Gasteiger partial charge is 0.320 e. The summed E-state index contributed by atoms with van der Waals surface area (Å²) in [5.74, 6) is -0.974. The topological polar surface area (TPSA) is 83.5 Å². The van der Waals surface area contributed by atoms with E-state index >= 15 is 0 Å². The third-order valence-electron chi connectivity index (χ3n) is 1.24. The van der Waals surface area contributed by atoms with E-state index in [0.29, 0.717) is 19.3 Å². The first-order valence-electron chi connectivity index (χ1n) is 3.27. The Kier molecular flexibility index (Phi) is 9.40. The van der Waals surface area contributed by atoms with Crippen molar-refractivity contribution in [2.24, 2.45) is 5.73 Å². The minimum Gasteiger partial charge on any atom is -0.480 e. The molecule has 0 spiro atoms. The molecule has 0 bridgehead atoms. The fourth-order valence-electron chi connectivity index (χ4n) is 0.600. The molecule has 0 aromatic heterocycles. The zero-order valence-electron chi connectivity index (χ0n) is 6.19. The highest BCUT2D eigenvalue weighted by Crippen LogP contribution is 1.97. The molecule has 0 radical (unpaired) electrons. The van der Waals surface area contributed by atoms with E-state index < -0.39 is 12.0 Å². The second-order valence-electron chi connectivity index (χ2n) is 2.16. The number of aliphatic hydroxyl groups is 1. The maximum atomic E-state index is 10.1. The predicted octanol–water partition coefficient (Wildman–Crippen LogP) is -0.0173. The van der Waals surface area contributed by atoms with Gasteiger partial charge in [-0.15, -0.1) is 12.4 Å². The first kappa shape index (κ1) is 13.3. The number of hydrogen-bond acceptors (Lipinski definition) is 3. The Morgan fingerprint density at radius 3 is 2.36 bits per heavy atom. The first-order valence-corrected chi connectivity index (χ1v) is 3.27. The Bertz CT molecular complexity index is 110. The molecule has 4 nitrogen and oxygen atoms in total. The van der Waals surface area contributed by atoms with E-state index in [1.165, 1.54) is 0 Å². The van der Waals surface area contributed by atoms with Crippen molar-refractivity contribution in [3.05, 3.63) is 0 Å². The second-order valence-corrected chi connectivity index (χ2v) is 2.16. The minimum absolute atomic E-state index is 0. The van der Waals surface area contributed by atoms with Gasteiger partial charge in [0.2, 0.25) is 0 Å². The van der Waals surface area contributed by atoms with Gasteiger partial charge in [-0.25, -0.2) is 0 Å². The number of aliphatic carboxylic acids is 1. The summed E-state index contributed by atoms with van der Waals surface area (Å²) in [6, 6.07) is -0.772. The van der Waals surface area contributed by atoms with Crippen LogP contribution in [-0.2, 0) is 4.79 Å². The largest absolute Gasteiger partial charge is 0.480 e. The molecule has 4 N–H and O–H groups in total. The fourth-order valence-corrected chi connectivity index (χ4v) is 0.600. The van der Waals surface area contributed by atoms with E-state index in [2.05, 4.69) is 0 Å². The Morgan fingerprint density at radius 2 is 2.00 bits per heavy atom. The second kappa shape index (κ2) is 7.78. The molecule has 0 aliphatic rings. The summed E-state index contributed by atoms with van der Waals surface area (Å²) >= 11 is 0. The van der Waals surface area contributed by atoms with E-state index in [0.717, 1.165) is 0 Å². The number of nitrogens with two attached hydrogens (primary N) is 1. The van der Waals surface area contributed by atoms with E-state index in [9.17, 15) is 4.79 Å². The van der Waals surface area contributed by atoms with Gasteiger partial charge in [0.1, 0.15) is 6.04 Å². The highest BCUT2D eigenvalue weighted by atomic mass is 35.5. The van der Waals surface area contributed by atoms with Crippen molar-refractivity contribution in [3.63, 3.8) is 0 Å². The van der Waals surface area contributed by atoms with E-state index in [-0.39, 0.29) is 19.0 Å². The van der Waals surface area contributed by atoms with Crippen LogP contribution >= 0.6 is 12.4 Å². The van der Waals surface area contributed by atoms with Crippen LogP contribution in [0.3, 0.4) is 0 Å². The molecular formula is C6H14ClNO3. The van der Waals surface area contributed by atoms with Gasteiger partial charge in [-0.05, 0) is 19.3 Å². The van der Waals surface area contributed by atoms with Gasteiger partial charge < -0.3 is 15.9 Å². The highest BCUT2D eigenvalue weighted by molar-refractivity contribution is 5.85. The van der Waals surface area contributed by atoms with Crippen molar-refractivity contribution >= 4 is 18.4 Å². The minimum atomic E-state index is -0.974. The van der Waals surface area contributed by atoms with Crippen LogP contribution in [0, 0.1) is 0 Å². The number of unbranched alkanes of at least 4 members (excludes halogenated alkanes) is 1. The molecule has 11 heavy (non-hydrogen) atoms. The lowest BCUT2D eigenvalue weighted by atomic mass is 10.1. The van der Waals surface area contributed by atoms with Crippen LogP contribution in [-0.4, -0.2) is 28.8 Å². The number of rotatable bonds is 5. The van der Waals surface area contributed by atoms with Crippen molar-refractivity contribution in [1.82, 2.24) is 0 Å². The van der Waals surface area contributed by atoms with Crippen LogP contribution in [0.4, 0.5) is 0 Å². The monoisotopic (exact) mass is 183 g/mol. The standard InChI is InChI=1S/C6H13NO3.ClH/c7-5(6(9)10)3-1-2-4-8;/h5,8H,1-4,7H2,(H,9,10);1H/t5-;/m0./s1. The van der Waals surface area contributed by atoms with E-state index in [1.807, 2.05) is 0 Å². The van der Waals surface area contributed by atoms with Crippen LogP contribution in [0.15, 0.2) is 0 Å². The summed E-state index contributed by atoms with van der Waals surface area (Å²) < 4.78 is 0. The lowest BCUT2D eigenvalue weighted by molar-refractivity contribution is -0.138. The van der Waals surface area contributed by atoms with Crippen molar-refractivity contribution in [3.8, 4) is 0 Å². The zero-order chi connectivity index (χ0) is 7.98. The van der Waals surface area contributed by atoms with E-state index in [1.54, 1.807) is 0 Å². The molecule has 0 heterocycles. The SMILES string of the molecule is Cl.N[C@@H](CCCCO)C(=O)O. The lowest BCUT2D eigenvalue weighted by Crippen LogP contribution is -2.29. The van der Waals surface area contributed by atoms with Crippen molar-refractivity contribution in [2.75, 3.05) is 6.61 Å². The van der Waals surface area contributed by atoms with Crippen molar-refractivity contribution in [1.29, 1.82) is 0 Å². The molecule has 0 fully saturated rings. The number of carbonyl (C=O) groups is 1. The molecule has 0 saturated carbocycles. The Morgan fingerprint density at radius 1 is 1.45 bits per heavy atom. The Balaban J connectivity index is 0. The molecule has 0 unspecified atom stereocenters. The summed E-state index contributed by atoms with van der Waals surface area (Å²) in [6.45, 7) is 0.104. The van der Waals surface area contributed by atoms with Crippen LogP contribution in [0.2, 0.25) is 0 Å². The van der Waals surface area contributed by atoms with Gasteiger partial charge in [-0.3, -0.25) is 4.79 Å². The Labute approximate surface area is 71.8 Å². The molecule has 0 aromatic rings. The summed E-state index contributed by atoms with van der Waals surface area (Å²) in [5.41, 5.74) is 5.18. The van der Waals surface area contributed by atoms with Gasteiger partial charge in [-0.2, -0.15) is 0 Å². The van der Waals surface area contributed by atoms with Crippen LogP contribution in [0.5, 0.6) is 0 Å². The van der Waals surface area contributed by atoms with Gasteiger partial charge in [0, 0.05) is 6.61 Å². The highest BCUT2D eigenvalue weighted by Gasteiger charge is 2.09. The van der Waals surface area contributed by atoms with Crippen molar-refractivity contribution < 1.29 is 15.0 Å². The zero-order valence-corrected chi connectivity index (χ0v) is 7.01. The molecule has 1 atom stereocenters. The van der Waals surface area contributed by atoms with Gasteiger partial charge in [0.15, 0.2) is 0 Å². The summed E-state index contributed by atoms with van der Waals surface area (Å²) in [7, 11) is 0. The quantitative estimate of drug-likeness (QED) is 0.524.